The van der Waals surface area contributed by atoms with E-state index >= 15 is 0 Å². The fraction of sp³-hybridized carbons (Fsp3) is 0. The maximum atomic E-state index is 13.3. The predicted molar refractivity (Wildman–Crippen MR) is 143 cm³/mol. The minimum Gasteiger partial charge on any atom is -0.478 e. The third-order valence-electron chi connectivity index (χ3n) is 6.08. The first-order valence-electron chi connectivity index (χ1n) is 11.9. The lowest BCUT2D eigenvalue weighted by molar-refractivity contribution is -0.112. The second-order valence-electron chi connectivity index (χ2n) is 8.70. The number of benzene rings is 2. The van der Waals surface area contributed by atoms with Crippen LogP contribution in [0.15, 0.2) is 78.1 Å². The number of aromatic nitrogens is 4. The van der Waals surface area contributed by atoms with Gasteiger partial charge in [-0.3, -0.25) is 33.7 Å². The molecule has 4 N–H and O–H groups in total. The summed E-state index contributed by atoms with van der Waals surface area (Å²) in [7, 11) is 0. The summed E-state index contributed by atoms with van der Waals surface area (Å²) < 4.78 is 27.1. The van der Waals surface area contributed by atoms with Crippen molar-refractivity contribution in [1.82, 2.24) is 19.5 Å². The molecule has 0 unspecified atom stereocenters. The first kappa shape index (κ1) is 27.4. The Morgan fingerprint density at radius 3 is 2.21 bits per heavy atom. The smallest absolute Gasteiger partial charge is 0.337 e. The minimum absolute atomic E-state index is 0.00361. The Kier molecular flexibility index (Phi) is 7.02. The van der Waals surface area contributed by atoms with Crippen LogP contribution in [0.5, 0.6) is 0 Å². The second-order valence-corrected chi connectivity index (χ2v) is 8.70. The SMILES string of the molecule is Nc1cnccc1C(=O)O.O=C1Nc2ccc(F)cc2C1=O.O=C1c2cc(F)ccc2-n2c1nc1cnccc1c2=O. The molecule has 3 aromatic heterocycles. The number of ketones is 2. The van der Waals surface area contributed by atoms with Gasteiger partial charge in [-0.25, -0.2) is 18.6 Å². The van der Waals surface area contributed by atoms with Crippen LogP contribution in [0.25, 0.3) is 16.6 Å². The highest BCUT2D eigenvalue weighted by atomic mass is 19.1. The molecule has 2 aliphatic rings. The van der Waals surface area contributed by atoms with Crippen LogP contribution < -0.4 is 16.6 Å². The minimum atomic E-state index is -1.03. The van der Waals surface area contributed by atoms with Crippen molar-refractivity contribution in [2.24, 2.45) is 0 Å². The maximum Gasteiger partial charge on any atom is 0.337 e. The Bertz CT molecular complexity index is 2030. The van der Waals surface area contributed by atoms with Gasteiger partial charge in [-0.1, -0.05) is 0 Å². The molecule has 42 heavy (non-hydrogen) atoms. The summed E-state index contributed by atoms with van der Waals surface area (Å²) in [6, 6.07) is 10.3. The standard InChI is InChI=1S/C14H6FN3O2.C8H4FNO2.C6H6N2O2/c15-7-1-2-11-9(5-7)12(19)13-17-10-6-16-4-3-8(10)14(20)18(11)13;9-4-1-2-6-5(3-4)7(11)8(12)10-6;7-5-3-8-2-1-4(5)6(9)10/h1-6H;1-3H,(H,10,11,12);1-3H,7H2,(H,9,10). The molecule has 0 saturated carbocycles. The number of halogens is 2. The van der Waals surface area contributed by atoms with Crippen molar-refractivity contribution in [3.05, 3.63) is 118 Å². The zero-order valence-corrected chi connectivity index (χ0v) is 21.0. The number of nitrogens with one attached hydrogen (secondary N) is 1. The van der Waals surface area contributed by atoms with E-state index in [1.54, 1.807) is 6.07 Å². The van der Waals surface area contributed by atoms with E-state index < -0.39 is 35.1 Å². The number of nitrogens with two attached hydrogens (primary N) is 1. The van der Waals surface area contributed by atoms with Crippen molar-refractivity contribution in [1.29, 1.82) is 0 Å². The van der Waals surface area contributed by atoms with E-state index in [0.29, 0.717) is 22.3 Å². The van der Waals surface area contributed by atoms with Gasteiger partial charge in [0.15, 0.2) is 5.82 Å². The van der Waals surface area contributed by atoms with Crippen LogP contribution in [-0.2, 0) is 4.79 Å². The van der Waals surface area contributed by atoms with E-state index in [2.05, 4.69) is 20.3 Å². The van der Waals surface area contributed by atoms with Crippen molar-refractivity contribution in [2.75, 3.05) is 11.1 Å². The van der Waals surface area contributed by atoms with Gasteiger partial charge in [-0.05, 0) is 48.5 Å². The Morgan fingerprint density at radius 2 is 1.52 bits per heavy atom. The van der Waals surface area contributed by atoms with Crippen LogP contribution in [0.1, 0.15) is 36.9 Å². The van der Waals surface area contributed by atoms with Crippen LogP contribution >= 0.6 is 0 Å². The zero-order valence-electron chi connectivity index (χ0n) is 21.0. The molecule has 5 heterocycles. The van der Waals surface area contributed by atoms with Gasteiger partial charge < -0.3 is 16.2 Å². The van der Waals surface area contributed by atoms with E-state index in [1.807, 2.05) is 0 Å². The monoisotopic (exact) mass is 570 g/mol. The van der Waals surface area contributed by atoms with Gasteiger partial charge >= 0.3 is 5.97 Å². The molecule has 0 saturated heterocycles. The normalized spacial score (nSPS) is 12.3. The summed E-state index contributed by atoms with van der Waals surface area (Å²) in [6.45, 7) is 0. The van der Waals surface area contributed by atoms with E-state index in [9.17, 15) is 32.8 Å². The van der Waals surface area contributed by atoms with Gasteiger partial charge in [0, 0.05) is 12.4 Å². The van der Waals surface area contributed by atoms with Crippen LogP contribution in [0.2, 0.25) is 0 Å². The Hall–Kier alpha value is -6.18. The number of aromatic carboxylic acids is 1. The lowest BCUT2D eigenvalue weighted by atomic mass is 10.1. The number of fused-ring (bicyclic) bond motifs is 5. The third kappa shape index (κ3) is 4.95. The Labute approximate surface area is 233 Å². The molecule has 0 bridgehead atoms. The molecule has 2 aliphatic heterocycles. The first-order valence-corrected chi connectivity index (χ1v) is 11.9. The molecule has 0 atom stereocenters. The van der Waals surface area contributed by atoms with Gasteiger partial charge in [0.2, 0.25) is 5.78 Å². The third-order valence-corrected chi connectivity index (χ3v) is 6.08. The molecule has 14 heteroatoms. The van der Waals surface area contributed by atoms with Crippen LogP contribution in [0.3, 0.4) is 0 Å². The molecule has 0 fully saturated rings. The van der Waals surface area contributed by atoms with Crippen LogP contribution in [0.4, 0.5) is 20.2 Å². The summed E-state index contributed by atoms with van der Waals surface area (Å²) in [5, 5.41) is 11.1. The summed E-state index contributed by atoms with van der Waals surface area (Å²) in [5.74, 6) is -3.90. The fourth-order valence-corrected chi connectivity index (χ4v) is 4.13. The summed E-state index contributed by atoms with van der Waals surface area (Å²) in [4.78, 5) is 68.4. The second kappa shape index (κ2) is 10.8. The maximum absolute atomic E-state index is 13.3. The molecule has 5 aromatic rings. The summed E-state index contributed by atoms with van der Waals surface area (Å²) in [5.41, 5.74) is 6.56. The van der Waals surface area contributed by atoms with E-state index in [1.165, 1.54) is 59.7 Å². The zero-order chi connectivity index (χ0) is 30.1. The largest absolute Gasteiger partial charge is 0.478 e. The number of carbonyl (C=O) groups is 4. The quantitative estimate of drug-likeness (QED) is 0.248. The molecule has 0 spiro atoms. The van der Waals surface area contributed by atoms with Crippen LogP contribution in [0, 0.1) is 11.6 Å². The first-order chi connectivity index (χ1) is 20.1. The Balaban J connectivity index is 0.000000137. The lowest BCUT2D eigenvalue weighted by Crippen LogP contribution is -2.21. The average Bonchev–Trinajstić information content (AvgIpc) is 3.41. The van der Waals surface area contributed by atoms with E-state index in [0.717, 1.165) is 12.1 Å². The number of carboxylic acid groups (broad SMARTS) is 1. The van der Waals surface area contributed by atoms with E-state index in [4.69, 9.17) is 10.8 Å². The molecule has 7 rings (SSSR count). The number of carboxylic acids is 1. The topological polar surface area (TPSA) is 187 Å². The number of pyridine rings is 2. The number of nitrogens with zero attached hydrogens (tertiary/aromatic N) is 4. The predicted octanol–water partition coefficient (Wildman–Crippen LogP) is 2.79. The number of nitrogen functional groups attached to an aromatic ring is 1. The van der Waals surface area contributed by atoms with Crippen molar-refractivity contribution in [3.63, 3.8) is 0 Å². The number of hydrogen-bond donors (Lipinski definition) is 3. The van der Waals surface area contributed by atoms with Crippen molar-refractivity contribution in [2.45, 2.75) is 0 Å². The van der Waals surface area contributed by atoms with Gasteiger partial charge in [0.05, 0.1) is 57.0 Å². The summed E-state index contributed by atoms with van der Waals surface area (Å²) in [6.07, 6.45) is 5.61. The number of hydrogen-bond acceptors (Lipinski definition) is 9. The van der Waals surface area contributed by atoms with Gasteiger partial charge in [-0.15, -0.1) is 0 Å². The van der Waals surface area contributed by atoms with Crippen LogP contribution in [-0.4, -0.2) is 48.1 Å². The van der Waals surface area contributed by atoms with Gasteiger partial charge in [0.1, 0.15) is 11.6 Å². The molecule has 208 valence electrons. The molecule has 2 aromatic carbocycles. The summed E-state index contributed by atoms with van der Waals surface area (Å²) >= 11 is 0. The lowest BCUT2D eigenvalue weighted by Gasteiger charge is -2.04. The molecule has 12 nitrogen and oxygen atoms in total. The van der Waals surface area contributed by atoms with Crippen molar-refractivity contribution >= 4 is 45.7 Å². The molecular formula is C28H16F2N6O6. The number of amides is 1. The molecule has 1 amide bonds. The number of carbonyl (C=O) groups excluding carboxylic acids is 3. The Morgan fingerprint density at radius 1 is 0.857 bits per heavy atom. The van der Waals surface area contributed by atoms with Gasteiger partial charge in [-0.2, -0.15) is 0 Å². The number of Topliss-reactive ketones (excluding diaryl/α,β-unsaturated/α-hetero) is 1. The highest BCUT2D eigenvalue weighted by Gasteiger charge is 2.31. The highest BCUT2D eigenvalue weighted by molar-refractivity contribution is 6.51. The average molecular weight is 570 g/mol. The van der Waals surface area contributed by atoms with E-state index in [-0.39, 0.29) is 33.8 Å². The highest BCUT2D eigenvalue weighted by Crippen LogP contribution is 2.26. The molecule has 0 radical (unpaired) electrons. The number of anilines is 2. The molecule has 0 aliphatic carbocycles. The number of rotatable bonds is 1. The van der Waals surface area contributed by atoms with Crippen molar-refractivity contribution in [3.8, 4) is 5.69 Å². The fourth-order valence-electron chi connectivity index (χ4n) is 4.13. The van der Waals surface area contributed by atoms with Gasteiger partial charge in [0.25, 0.3) is 17.2 Å². The molecular weight excluding hydrogens is 554 g/mol. The van der Waals surface area contributed by atoms with Crippen molar-refractivity contribution < 1.29 is 33.1 Å².